The van der Waals surface area contributed by atoms with Crippen molar-refractivity contribution in [2.45, 2.75) is 37.8 Å². The van der Waals surface area contributed by atoms with Crippen LogP contribution in [0.3, 0.4) is 0 Å². The van der Waals surface area contributed by atoms with Gasteiger partial charge in [0.25, 0.3) is 5.91 Å². The summed E-state index contributed by atoms with van der Waals surface area (Å²) in [5.74, 6) is 0.659. The fraction of sp³-hybridized carbons (Fsp3) is 0.533. The lowest BCUT2D eigenvalue weighted by Gasteiger charge is -2.38. The Kier molecular flexibility index (Phi) is 3.50. The fourth-order valence-electron chi connectivity index (χ4n) is 2.92. The molecule has 1 saturated heterocycles. The summed E-state index contributed by atoms with van der Waals surface area (Å²) in [4.78, 5) is 14.5. The summed E-state index contributed by atoms with van der Waals surface area (Å²) >= 11 is 5.85. The van der Waals surface area contributed by atoms with Crippen molar-refractivity contribution in [2.75, 3.05) is 6.54 Å². The molecule has 0 unspecified atom stereocenters. The van der Waals surface area contributed by atoms with Crippen molar-refractivity contribution in [3.63, 3.8) is 0 Å². The molecule has 19 heavy (non-hydrogen) atoms. The van der Waals surface area contributed by atoms with Gasteiger partial charge in [0.15, 0.2) is 0 Å². The number of amides is 1. The zero-order valence-corrected chi connectivity index (χ0v) is 11.5. The zero-order valence-electron chi connectivity index (χ0n) is 10.8. The smallest absolute Gasteiger partial charge is 0.254 e. The largest absolute Gasteiger partial charge is 0.393 e. The third-order valence-electron chi connectivity index (χ3n) is 4.14. The molecule has 1 aliphatic heterocycles. The molecule has 0 aromatic heterocycles. The Balaban J connectivity index is 1.79. The Morgan fingerprint density at radius 1 is 1.21 bits per heavy atom. The number of aliphatic hydroxyl groups excluding tert-OH is 1. The molecule has 1 N–H and O–H groups in total. The van der Waals surface area contributed by atoms with Crippen molar-refractivity contribution in [1.82, 2.24) is 4.90 Å². The van der Waals surface area contributed by atoms with E-state index in [1.807, 2.05) is 4.90 Å². The lowest BCUT2D eigenvalue weighted by molar-refractivity contribution is 0.0270. The van der Waals surface area contributed by atoms with Gasteiger partial charge in [0.05, 0.1) is 6.10 Å². The number of hydrogen-bond donors (Lipinski definition) is 1. The van der Waals surface area contributed by atoms with Gasteiger partial charge in [0, 0.05) is 23.2 Å². The van der Waals surface area contributed by atoms with Gasteiger partial charge in [-0.2, -0.15) is 0 Å². The molecule has 1 aromatic carbocycles. The second-order valence-electron chi connectivity index (χ2n) is 5.59. The average Bonchev–Trinajstić information content (AvgIpc) is 3.23. The molecule has 102 valence electrons. The second-order valence-corrected chi connectivity index (χ2v) is 6.02. The van der Waals surface area contributed by atoms with E-state index in [4.69, 9.17) is 11.6 Å². The first kappa shape index (κ1) is 12.9. The van der Waals surface area contributed by atoms with Crippen molar-refractivity contribution in [1.29, 1.82) is 0 Å². The molecule has 1 saturated carbocycles. The van der Waals surface area contributed by atoms with Crippen LogP contribution in [-0.4, -0.2) is 34.6 Å². The number of aliphatic hydroxyl groups is 1. The molecule has 4 heteroatoms. The molecule has 3 nitrogen and oxygen atoms in total. The molecule has 2 atom stereocenters. The summed E-state index contributed by atoms with van der Waals surface area (Å²) in [5.41, 5.74) is 0.687. The van der Waals surface area contributed by atoms with Crippen molar-refractivity contribution in [3.05, 3.63) is 34.9 Å². The molecular weight excluding hydrogens is 262 g/mol. The molecule has 2 fully saturated rings. The molecule has 1 aliphatic carbocycles. The highest BCUT2D eigenvalue weighted by atomic mass is 35.5. The van der Waals surface area contributed by atoms with Crippen LogP contribution in [0.1, 0.15) is 36.0 Å². The van der Waals surface area contributed by atoms with Crippen LogP contribution in [0.4, 0.5) is 0 Å². The summed E-state index contributed by atoms with van der Waals surface area (Å²) in [7, 11) is 0. The maximum atomic E-state index is 12.6. The summed E-state index contributed by atoms with van der Waals surface area (Å²) in [6.07, 6.45) is 3.52. The maximum Gasteiger partial charge on any atom is 0.254 e. The van der Waals surface area contributed by atoms with E-state index in [2.05, 4.69) is 0 Å². The number of carbonyl (C=O) groups excluding carboxylic acids is 1. The van der Waals surface area contributed by atoms with Crippen LogP contribution >= 0.6 is 11.6 Å². The highest BCUT2D eigenvalue weighted by Gasteiger charge is 2.41. The fourth-order valence-corrected chi connectivity index (χ4v) is 3.04. The highest BCUT2D eigenvalue weighted by Crippen LogP contribution is 2.40. The molecule has 1 heterocycles. The van der Waals surface area contributed by atoms with Crippen LogP contribution in [0, 0.1) is 5.92 Å². The standard InChI is InChI=1S/C15H18ClNO2/c16-12-5-3-11(4-6-12)15(19)17-8-7-13(18)9-14(17)10-1-2-10/h3-6,10,13-14,18H,1-2,7-9H2/t13-,14+/m0/s1. The SMILES string of the molecule is O=C(c1ccc(Cl)cc1)N1CC[C@H](O)C[C@@H]1C1CC1. The summed E-state index contributed by atoms with van der Waals surface area (Å²) in [5, 5.41) is 10.5. The summed E-state index contributed by atoms with van der Waals surface area (Å²) < 4.78 is 0. The number of benzene rings is 1. The Morgan fingerprint density at radius 2 is 1.89 bits per heavy atom. The van der Waals surface area contributed by atoms with Gasteiger partial charge in [-0.1, -0.05) is 11.6 Å². The van der Waals surface area contributed by atoms with Gasteiger partial charge >= 0.3 is 0 Å². The molecule has 0 bridgehead atoms. The Labute approximate surface area is 118 Å². The van der Waals surface area contributed by atoms with E-state index >= 15 is 0 Å². The van der Waals surface area contributed by atoms with Crippen LogP contribution in [0.15, 0.2) is 24.3 Å². The zero-order chi connectivity index (χ0) is 13.4. The molecular formula is C15H18ClNO2. The molecule has 0 spiro atoms. The lowest BCUT2D eigenvalue weighted by Crippen LogP contribution is -2.48. The van der Waals surface area contributed by atoms with Gasteiger partial charge in [0.1, 0.15) is 0 Å². The number of nitrogens with zero attached hydrogens (tertiary/aromatic N) is 1. The normalized spacial score (nSPS) is 27.4. The van der Waals surface area contributed by atoms with Crippen LogP contribution < -0.4 is 0 Å². The average molecular weight is 280 g/mol. The molecule has 1 amide bonds. The number of halogens is 1. The first-order valence-corrected chi connectivity index (χ1v) is 7.27. The predicted octanol–water partition coefficient (Wildman–Crippen LogP) is 2.72. The summed E-state index contributed by atoms with van der Waals surface area (Å²) in [6.45, 7) is 0.657. The van der Waals surface area contributed by atoms with E-state index in [1.54, 1.807) is 24.3 Å². The van der Waals surface area contributed by atoms with Gasteiger partial charge in [-0.25, -0.2) is 0 Å². The molecule has 2 aliphatic rings. The topological polar surface area (TPSA) is 40.5 Å². The number of hydrogen-bond acceptors (Lipinski definition) is 2. The van der Waals surface area contributed by atoms with Crippen molar-refractivity contribution in [3.8, 4) is 0 Å². The predicted molar refractivity (Wildman–Crippen MR) is 74.2 cm³/mol. The van der Waals surface area contributed by atoms with E-state index < -0.39 is 0 Å². The minimum Gasteiger partial charge on any atom is -0.393 e. The third-order valence-corrected chi connectivity index (χ3v) is 4.39. The van der Waals surface area contributed by atoms with E-state index in [0.29, 0.717) is 29.5 Å². The summed E-state index contributed by atoms with van der Waals surface area (Å²) in [6, 6.07) is 7.27. The van der Waals surface area contributed by atoms with Crippen LogP contribution in [0.25, 0.3) is 0 Å². The third kappa shape index (κ3) is 2.77. The lowest BCUT2D eigenvalue weighted by atomic mass is 9.95. The van der Waals surface area contributed by atoms with Gasteiger partial charge in [-0.3, -0.25) is 4.79 Å². The van der Waals surface area contributed by atoms with E-state index in [0.717, 1.165) is 6.42 Å². The van der Waals surface area contributed by atoms with Gasteiger partial charge in [-0.15, -0.1) is 0 Å². The van der Waals surface area contributed by atoms with Crippen LogP contribution in [-0.2, 0) is 0 Å². The Bertz CT molecular complexity index is 470. The van der Waals surface area contributed by atoms with Crippen LogP contribution in [0.2, 0.25) is 5.02 Å². The first-order valence-electron chi connectivity index (χ1n) is 6.90. The van der Waals surface area contributed by atoms with Crippen molar-refractivity contribution < 1.29 is 9.90 Å². The van der Waals surface area contributed by atoms with Crippen molar-refractivity contribution in [2.24, 2.45) is 5.92 Å². The molecule has 0 radical (unpaired) electrons. The monoisotopic (exact) mass is 279 g/mol. The van der Waals surface area contributed by atoms with E-state index in [-0.39, 0.29) is 18.1 Å². The minimum atomic E-state index is -0.250. The maximum absolute atomic E-state index is 12.6. The number of piperidine rings is 1. The minimum absolute atomic E-state index is 0.0699. The Morgan fingerprint density at radius 3 is 2.53 bits per heavy atom. The quantitative estimate of drug-likeness (QED) is 0.904. The Hall–Kier alpha value is -1.06. The number of likely N-dealkylation sites (tertiary alicyclic amines) is 1. The second kappa shape index (κ2) is 5.14. The van der Waals surface area contributed by atoms with E-state index in [9.17, 15) is 9.90 Å². The van der Waals surface area contributed by atoms with Gasteiger partial charge in [-0.05, 0) is 55.9 Å². The number of rotatable bonds is 2. The van der Waals surface area contributed by atoms with Gasteiger partial charge in [0.2, 0.25) is 0 Å². The van der Waals surface area contributed by atoms with E-state index in [1.165, 1.54) is 12.8 Å². The highest BCUT2D eigenvalue weighted by molar-refractivity contribution is 6.30. The first-order chi connectivity index (χ1) is 9.15. The number of carbonyl (C=O) groups is 1. The van der Waals surface area contributed by atoms with Crippen LogP contribution in [0.5, 0.6) is 0 Å². The molecule has 1 aromatic rings. The van der Waals surface area contributed by atoms with Crippen molar-refractivity contribution >= 4 is 17.5 Å². The molecule has 3 rings (SSSR count). The van der Waals surface area contributed by atoms with Gasteiger partial charge < -0.3 is 10.0 Å².